The number of fused-ring (bicyclic) bond motifs is 1. The number of anilines is 1. The molecule has 0 aliphatic carbocycles. The Hall–Kier alpha value is -3.29. The largest absolute Gasteiger partial charge is 0.481 e. The van der Waals surface area contributed by atoms with E-state index in [1.807, 2.05) is 0 Å². The number of rotatable bonds is 8. The molecule has 0 saturated heterocycles. The first kappa shape index (κ1) is 20.4. The van der Waals surface area contributed by atoms with Crippen molar-refractivity contribution in [2.24, 2.45) is 0 Å². The van der Waals surface area contributed by atoms with E-state index in [9.17, 15) is 21.6 Å². The average molecular weight is 433 g/mol. The number of pyridine rings is 1. The van der Waals surface area contributed by atoms with E-state index in [0.29, 0.717) is 6.07 Å². The van der Waals surface area contributed by atoms with Crippen LogP contribution in [0.1, 0.15) is 0 Å². The summed E-state index contributed by atoms with van der Waals surface area (Å²) in [6.07, 6.45) is -0.427. The van der Waals surface area contributed by atoms with Gasteiger partial charge in [0.1, 0.15) is 5.69 Å². The van der Waals surface area contributed by atoms with E-state index in [-0.39, 0.29) is 28.3 Å². The van der Waals surface area contributed by atoms with Crippen molar-refractivity contribution in [1.29, 1.82) is 0 Å². The van der Waals surface area contributed by atoms with Gasteiger partial charge in [-0.1, -0.05) is 0 Å². The van der Waals surface area contributed by atoms with Crippen LogP contribution < -0.4 is 18.9 Å². The number of methoxy groups -OCH3 is 2. The molecule has 3 aromatic heterocycles. The van der Waals surface area contributed by atoms with Gasteiger partial charge in [-0.3, -0.25) is 9.12 Å². The number of ether oxygens (including phenoxy) is 3. The number of halogens is 3. The quantitative estimate of drug-likeness (QED) is 0.571. The second-order valence-corrected chi connectivity index (χ2v) is 7.01. The average Bonchev–Trinajstić information content (AvgIpc) is 3.11. The van der Waals surface area contributed by atoms with Gasteiger partial charge in [-0.15, -0.1) is 0 Å². The van der Waals surface area contributed by atoms with E-state index in [4.69, 9.17) is 9.47 Å². The number of alkyl halides is 2. The number of imidazole rings is 1. The highest BCUT2D eigenvalue weighted by Crippen LogP contribution is 2.30. The van der Waals surface area contributed by atoms with Crippen LogP contribution in [0.3, 0.4) is 0 Å². The highest BCUT2D eigenvalue weighted by Gasteiger charge is 2.24. The van der Waals surface area contributed by atoms with Crippen molar-refractivity contribution in [3.8, 4) is 17.6 Å². The molecular weight excluding hydrogens is 419 g/mol. The number of hydrogen-bond donors (Lipinski definition) is 1. The van der Waals surface area contributed by atoms with Crippen LogP contribution in [0.4, 0.5) is 18.9 Å². The number of sulfonamides is 1. The Morgan fingerprint density at radius 3 is 2.62 bits per heavy atom. The smallest absolute Gasteiger partial charge is 0.279 e. The number of nitrogens with zero attached hydrogens (tertiary/aromatic N) is 4. The minimum absolute atomic E-state index is 0.0525. The third-order valence-corrected chi connectivity index (χ3v) is 4.84. The SMILES string of the molecule is COc1ccn2c(S(=O)(=O)Nc3cc(F)c(OCC(F)F)nc3OC)cnc2n1. The topological polar surface area (TPSA) is 117 Å². The van der Waals surface area contributed by atoms with E-state index >= 15 is 0 Å². The maximum Gasteiger partial charge on any atom is 0.279 e. The standard InChI is InChI=1S/C15H14F3N5O5S/c1-26-11-3-4-23-12(6-19-15(23)20-11)29(24,25)22-9-5-8(16)13(21-14(9)27-2)28-7-10(17)18/h3-6,10,22H,7H2,1-2H3. The van der Waals surface area contributed by atoms with E-state index in [1.165, 1.54) is 23.8 Å². The summed E-state index contributed by atoms with van der Waals surface area (Å²) in [5.41, 5.74) is -0.370. The minimum atomic E-state index is -4.28. The summed E-state index contributed by atoms with van der Waals surface area (Å²) < 4.78 is 81.8. The maximum absolute atomic E-state index is 14.1. The zero-order valence-electron chi connectivity index (χ0n) is 15.0. The summed E-state index contributed by atoms with van der Waals surface area (Å²) in [7, 11) is -1.75. The molecule has 0 unspecified atom stereocenters. The van der Waals surface area contributed by atoms with Crippen LogP contribution in [-0.4, -0.2) is 55.0 Å². The van der Waals surface area contributed by atoms with Gasteiger partial charge in [0.05, 0.1) is 20.4 Å². The van der Waals surface area contributed by atoms with E-state index in [0.717, 1.165) is 13.3 Å². The molecule has 0 aliphatic rings. The molecule has 3 aromatic rings. The fourth-order valence-electron chi connectivity index (χ4n) is 2.27. The molecule has 0 fully saturated rings. The Morgan fingerprint density at radius 2 is 1.97 bits per heavy atom. The monoisotopic (exact) mass is 433 g/mol. The van der Waals surface area contributed by atoms with Gasteiger partial charge in [0, 0.05) is 18.3 Å². The minimum Gasteiger partial charge on any atom is -0.481 e. The van der Waals surface area contributed by atoms with E-state index in [1.54, 1.807) is 0 Å². The molecule has 29 heavy (non-hydrogen) atoms. The van der Waals surface area contributed by atoms with Crippen LogP contribution in [0.15, 0.2) is 29.6 Å². The van der Waals surface area contributed by atoms with E-state index < -0.39 is 34.8 Å². The highest BCUT2D eigenvalue weighted by atomic mass is 32.2. The molecule has 3 rings (SSSR count). The van der Waals surface area contributed by atoms with Gasteiger partial charge in [0.2, 0.25) is 17.5 Å². The van der Waals surface area contributed by atoms with Gasteiger partial charge in [-0.25, -0.2) is 18.2 Å². The number of aromatic nitrogens is 4. The second-order valence-electron chi connectivity index (χ2n) is 5.38. The molecule has 14 heteroatoms. The molecule has 0 aliphatic heterocycles. The van der Waals surface area contributed by atoms with Crippen molar-refractivity contribution in [2.45, 2.75) is 11.5 Å². The lowest BCUT2D eigenvalue weighted by Crippen LogP contribution is -2.17. The molecule has 0 saturated carbocycles. The first-order valence-corrected chi connectivity index (χ1v) is 9.30. The van der Waals surface area contributed by atoms with Crippen LogP contribution in [-0.2, 0) is 10.0 Å². The normalized spacial score (nSPS) is 11.7. The summed E-state index contributed by atoms with van der Waals surface area (Å²) in [6.45, 7) is -1.09. The lowest BCUT2D eigenvalue weighted by atomic mass is 10.4. The predicted molar refractivity (Wildman–Crippen MR) is 92.6 cm³/mol. The van der Waals surface area contributed by atoms with Crippen LogP contribution >= 0.6 is 0 Å². The molecular formula is C15H14F3N5O5S. The summed E-state index contributed by atoms with van der Waals surface area (Å²) >= 11 is 0. The van der Waals surface area contributed by atoms with Gasteiger partial charge in [-0.05, 0) is 0 Å². The van der Waals surface area contributed by atoms with Crippen molar-refractivity contribution in [3.05, 3.63) is 30.3 Å². The Kier molecular flexibility index (Phi) is 5.63. The van der Waals surface area contributed by atoms with Crippen LogP contribution in [0, 0.1) is 5.82 Å². The van der Waals surface area contributed by atoms with Crippen molar-refractivity contribution >= 4 is 21.5 Å². The molecule has 0 bridgehead atoms. The first-order chi connectivity index (χ1) is 13.7. The lowest BCUT2D eigenvalue weighted by molar-refractivity contribution is 0.0770. The second kappa shape index (κ2) is 7.98. The fraction of sp³-hybridized carbons (Fsp3) is 0.267. The first-order valence-electron chi connectivity index (χ1n) is 7.81. The third kappa shape index (κ3) is 4.26. The molecule has 0 aromatic carbocycles. The molecule has 1 N–H and O–H groups in total. The van der Waals surface area contributed by atoms with Gasteiger partial charge in [-0.2, -0.15) is 18.4 Å². The number of nitrogens with one attached hydrogen (secondary N) is 1. The van der Waals surface area contributed by atoms with Crippen molar-refractivity contribution in [1.82, 2.24) is 19.4 Å². The number of hydrogen-bond acceptors (Lipinski definition) is 8. The molecule has 156 valence electrons. The molecule has 10 nitrogen and oxygen atoms in total. The van der Waals surface area contributed by atoms with Crippen molar-refractivity contribution in [3.63, 3.8) is 0 Å². The van der Waals surface area contributed by atoms with Gasteiger partial charge in [0.25, 0.3) is 22.3 Å². The van der Waals surface area contributed by atoms with Gasteiger partial charge in [0.15, 0.2) is 17.5 Å². The predicted octanol–water partition coefficient (Wildman–Crippen LogP) is 1.73. The fourth-order valence-corrected chi connectivity index (χ4v) is 3.40. The van der Waals surface area contributed by atoms with Gasteiger partial charge < -0.3 is 14.2 Å². The van der Waals surface area contributed by atoms with Crippen LogP contribution in [0.25, 0.3) is 5.78 Å². The lowest BCUT2D eigenvalue weighted by Gasteiger charge is -2.13. The highest BCUT2D eigenvalue weighted by molar-refractivity contribution is 7.92. The van der Waals surface area contributed by atoms with Gasteiger partial charge >= 0.3 is 0 Å². The summed E-state index contributed by atoms with van der Waals surface area (Å²) in [6, 6.07) is 2.12. The Bertz CT molecular complexity index is 1140. The van der Waals surface area contributed by atoms with Crippen LogP contribution in [0.2, 0.25) is 0 Å². The zero-order valence-corrected chi connectivity index (χ0v) is 15.8. The Morgan fingerprint density at radius 1 is 1.21 bits per heavy atom. The maximum atomic E-state index is 14.1. The summed E-state index contributed by atoms with van der Waals surface area (Å²) in [4.78, 5) is 11.5. The summed E-state index contributed by atoms with van der Waals surface area (Å²) in [5, 5.41) is -0.303. The molecule has 0 amide bonds. The summed E-state index contributed by atoms with van der Waals surface area (Å²) in [5.74, 6) is -2.01. The van der Waals surface area contributed by atoms with Crippen LogP contribution in [0.5, 0.6) is 17.6 Å². The molecule has 0 spiro atoms. The Balaban J connectivity index is 1.95. The van der Waals surface area contributed by atoms with Crippen molar-refractivity contribution in [2.75, 3.05) is 25.5 Å². The molecule has 0 atom stereocenters. The third-order valence-electron chi connectivity index (χ3n) is 3.50. The van der Waals surface area contributed by atoms with E-state index in [2.05, 4.69) is 24.4 Å². The molecule has 3 heterocycles. The Labute approximate surface area is 162 Å². The zero-order chi connectivity index (χ0) is 21.2. The molecule has 0 radical (unpaired) electrons. The van der Waals surface area contributed by atoms with Crippen molar-refractivity contribution < 1.29 is 35.8 Å².